The number of hydrogen-bond donors (Lipinski definition) is 0. The number of carbonyl (C=O) groups excluding carboxylic acids is 1. The van der Waals surface area contributed by atoms with E-state index in [9.17, 15) is 9.18 Å². The first-order chi connectivity index (χ1) is 14.7. The van der Waals surface area contributed by atoms with E-state index in [1.807, 2.05) is 36.4 Å². The fourth-order valence-electron chi connectivity index (χ4n) is 3.78. The van der Waals surface area contributed by atoms with Gasteiger partial charge in [-0.25, -0.2) is 9.40 Å². The Morgan fingerprint density at radius 2 is 1.73 bits per heavy atom. The molecule has 1 atom stereocenters. The van der Waals surface area contributed by atoms with Crippen molar-refractivity contribution in [3.05, 3.63) is 95.3 Å². The number of ether oxygens (including phenoxy) is 2. The van der Waals surface area contributed by atoms with Gasteiger partial charge in [-0.1, -0.05) is 42.5 Å². The summed E-state index contributed by atoms with van der Waals surface area (Å²) in [7, 11) is 0. The van der Waals surface area contributed by atoms with Crippen molar-refractivity contribution in [2.75, 3.05) is 13.2 Å². The standard InChI is InChI=1S/C24H19FN2O3/c25-19-8-4-7-17(13-19)21-15-20(16-5-2-1-3-6-16)26-27(21)24(28)18-9-10-22-23(14-18)30-12-11-29-22/h1-10,13-14,21H,11-12,15H2. The fourth-order valence-corrected chi connectivity index (χ4v) is 3.78. The van der Waals surface area contributed by atoms with Crippen molar-refractivity contribution in [2.24, 2.45) is 5.10 Å². The molecule has 2 aliphatic heterocycles. The minimum Gasteiger partial charge on any atom is -0.486 e. The van der Waals surface area contributed by atoms with Crippen molar-refractivity contribution in [3.63, 3.8) is 0 Å². The van der Waals surface area contributed by atoms with Crippen LogP contribution in [0.2, 0.25) is 0 Å². The Morgan fingerprint density at radius 1 is 0.933 bits per heavy atom. The van der Waals surface area contributed by atoms with Crippen LogP contribution in [-0.2, 0) is 0 Å². The molecule has 3 aromatic rings. The van der Waals surface area contributed by atoms with Crippen LogP contribution in [0, 0.1) is 5.82 Å². The molecule has 0 radical (unpaired) electrons. The Balaban J connectivity index is 1.53. The molecule has 0 fully saturated rings. The molecule has 1 unspecified atom stereocenters. The van der Waals surface area contributed by atoms with Gasteiger partial charge in [-0.2, -0.15) is 5.10 Å². The van der Waals surface area contributed by atoms with Gasteiger partial charge in [0.25, 0.3) is 5.91 Å². The zero-order valence-corrected chi connectivity index (χ0v) is 16.1. The second kappa shape index (κ2) is 7.63. The zero-order valence-electron chi connectivity index (χ0n) is 16.1. The predicted octanol–water partition coefficient (Wildman–Crippen LogP) is 4.59. The van der Waals surface area contributed by atoms with Crippen LogP contribution in [0.1, 0.15) is 33.9 Å². The van der Waals surface area contributed by atoms with Crippen LogP contribution in [-0.4, -0.2) is 29.8 Å². The van der Waals surface area contributed by atoms with Crippen molar-refractivity contribution in [1.29, 1.82) is 0 Å². The number of hydrazone groups is 1. The highest BCUT2D eigenvalue weighted by molar-refractivity contribution is 6.05. The van der Waals surface area contributed by atoms with Crippen molar-refractivity contribution in [1.82, 2.24) is 5.01 Å². The van der Waals surface area contributed by atoms with E-state index in [1.165, 1.54) is 17.1 Å². The molecule has 3 aromatic carbocycles. The average molecular weight is 402 g/mol. The van der Waals surface area contributed by atoms with Gasteiger partial charge in [-0.15, -0.1) is 0 Å². The highest BCUT2D eigenvalue weighted by Gasteiger charge is 2.34. The van der Waals surface area contributed by atoms with Crippen LogP contribution >= 0.6 is 0 Å². The van der Waals surface area contributed by atoms with E-state index in [0.717, 1.165) is 11.3 Å². The van der Waals surface area contributed by atoms with Crippen molar-refractivity contribution < 1.29 is 18.7 Å². The molecular formula is C24H19FN2O3. The van der Waals surface area contributed by atoms with Gasteiger partial charge in [-0.3, -0.25) is 4.79 Å². The summed E-state index contributed by atoms with van der Waals surface area (Å²) in [4.78, 5) is 13.4. The Labute approximate surface area is 173 Å². The number of benzene rings is 3. The van der Waals surface area contributed by atoms with Gasteiger partial charge < -0.3 is 9.47 Å². The molecule has 0 aliphatic carbocycles. The molecule has 0 saturated carbocycles. The van der Waals surface area contributed by atoms with Crippen LogP contribution in [0.4, 0.5) is 4.39 Å². The molecule has 0 N–H and O–H groups in total. The van der Waals surface area contributed by atoms with E-state index < -0.39 is 6.04 Å². The minimum absolute atomic E-state index is 0.271. The van der Waals surface area contributed by atoms with E-state index in [0.29, 0.717) is 42.3 Å². The number of halogens is 1. The van der Waals surface area contributed by atoms with Gasteiger partial charge in [-0.05, 0) is 41.5 Å². The largest absolute Gasteiger partial charge is 0.486 e. The quantitative estimate of drug-likeness (QED) is 0.644. The predicted molar refractivity (Wildman–Crippen MR) is 110 cm³/mol. The van der Waals surface area contributed by atoms with E-state index in [-0.39, 0.29) is 11.7 Å². The summed E-state index contributed by atoms with van der Waals surface area (Å²) in [6, 6.07) is 20.8. The van der Waals surface area contributed by atoms with Crippen molar-refractivity contribution in [3.8, 4) is 11.5 Å². The highest BCUT2D eigenvalue weighted by Crippen LogP contribution is 2.36. The summed E-state index contributed by atoms with van der Waals surface area (Å²) < 4.78 is 25.1. The maximum absolute atomic E-state index is 13.9. The molecular weight excluding hydrogens is 383 g/mol. The van der Waals surface area contributed by atoms with Gasteiger partial charge in [0, 0.05) is 12.0 Å². The van der Waals surface area contributed by atoms with E-state index in [4.69, 9.17) is 9.47 Å². The van der Waals surface area contributed by atoms with Gasteiger partial charge in [0.1, 0.15) is 19.0 Å². The monoisotopic (exact) mass is 402 g/mol. The lowest BCUT2D eigenvalue weighted by molar-refractivity contribution is 0.0709. The molecule has 150 valence electrons. The summed E-state index contributed by atoms with van der Waals surface area (Å²) in [5.41, 5.74) is 2.88. The molecule has 2 aliphatic rings. The number of hydrogen-bond acceptors (Lipinski definition) is 4. The first-order valence-corrected chi connectivity index (χ1v) is 9.80. The zero-order chi connectivity index (χ0) is 20.5. The number of amides is 1. The van der Waals surface area contributed by atoms with Crippen molar-refractivity contribution in [2.45, 2.75) is 12.5 Å². The third kappa shape index (κ3) is 3.41. The van der Waals surface area contributed by atoms with Gasteiger partial charge in [0.15, 0.2) is 11.5 Å². The SMILES string of the molecule is O=C(c1ccc2c(c1)OCCO2)N1N=C(c2ccccc2)CC1c1cccc(F)c1. The number of fused-ring (bicyclic) bond motifs is 1. The number of carbonyl (C=O) groups is 1. The summed E-state index contributed by atoms with van der Waals surface area (Å²) in [5.74, 6) is 0.551. The van der Waals surface area contributed by atoms with E-state index in [1.54, 1.807) is 24.3 Å². The summed E-state index contributed by atoms with van der Waals surface area (Å²) in [6.07, 6.45) is 0.504. The normalized spacial score (nSPS) is 17.6. The Kier molecular flexibility index (Phi) is 4.67. The third-order valence-corrected chi connectivity index (χ3v) is 5.25. The van der Waals surface area contributed by atoms with Gasteiger partial charge in [0.05, 0.1) is 11.8 Å². The lowest BCUT2D eigenvalue weighted by Gasteiger charge is -2.23. The Hall–Kier alpha value is -3.67. The Morgan fingerprint density at radius 3 is 2.53 bits per heavy atom. The molecule has 0 bridgehead atoms. The average Bonchev–Trinajstić information content (AvgIpc) is 3.24. The van der Waals surface area contributed by atoms with Gasteiger partial charge >= 0.3 is 0 Å². The summed E-state index contributed by atoms with van der Waals surface area (Å²) in [5, 5.41) is 6.09. The molecule has 5 rings (SSSR count). The van der Waals surface area contributed by atoms with E-state index in [2.05, 4.69) is 5.10 Å². The number of rotatable bonds is 3. The third-order valence-electron chi connectivity index (χ3n) is 5.25. The number of nitrogens with zero attached hydrogens (tertiary/aromatic N) is 2. The van der Waals surface area contributed by atoms with Gasteiger partial charge in [0.2, 0.25) is 0 Å². The van der Waals surface area contributed by atoms with Crippen LogP contribution in [0.3, 0.4) is 0 Å². The van der Waals surface area contributed by atoms with Crippen LogP contribution in [0.5, 0.6) is 11.5 Å². The first-order valence-electron chi connectivity index (χ1n) is 9.80. The molecule has 2 heterocycles. The maximum atomic E-state index is 13.9. The van der Waals surface area contributed by atoms with Crippen molar-refractivity contribution >= 4 is 11.6 Å². The second-order valence-corrected chi connectivity index (χ2v) is 7.20. The highest BCUT2D eigenvalue weighted by atomic mass is 19.1. The van der Waals surface area contributed by atoms with E-state index >= 15 is 0 Å². The molecule has 6 heteroatoms. The topological polar surface area (TPSA) is 51.1 Å². The second-order valence-electron chi connectivity index (χ2n) is 7.20. The molecule has 30 heavy (non-hydrogen) atoms. The Bertz CT molecular complexity index is 1130. The van der Waals surface area contributed by atoms with Crippen LogP contribution in [0.15, 0.2) is 77.9 Å². The van der Waals surface area contributed by atoms with Crippen LogP contribution in [0.25, 0.3) is 0 Å². The lowest BCUT2D eigenvalue weighted by Crippen LogP contribution is -2.27. The minimum atomic E-state index is -0.392. The molecule has 1 amide bonds. The fraction of sp³-hybridized carbons (Fsp3) is 0.167. The maximum Gasteiger partial charge on any atom is 0.274 e. The molecule has 0 saturated heterocycles. The van der Waals surface area contributed by atoms with Crippen LogP contribution < -0.4 is 9.47 Å². The first kappa shape index (κ1) is 18.4. The lowest BCUT2D eigenvalue weighted by atomic mass is 9.98. The summed E-state index contributed by atoms with van der Waals surface area (Å²) >= 11 is 0. The molecule has 0 aromatic heterocycles. The molecule has 5 nitrogen and oxygen atoms in total. The summed E-state index contributed by atoms with van der Waals surface area (Å²) in [6.45, 7) is 0.926. The molecule has 0 spiro atoms. The smallest absolute Gasteiger partial charge is 0.274 e.